The third kappa shape index (κ3) is 4.33. The number of nitrogens with zero attached hydrogens (tertiary/aromatic N) is 3. The molecule has 0 bridgehead atoms. The lowest BCUT2D eigenvalue weighted by molar-refractivity contribution is 0.0698. The normalized spacial score (nSPS) is 18.9. The number of hydrogen-bond acceptors (Lipinski definition) is 4. The summed E-state index contributed by atoms with van der Waals surface area (Å²) < 4.78 is 5.13. The number of nitrogens with one attached hydrogen (secondary N) is 1. The zero-order chi connectivity index (χ0) is 15.9. The van der Waals surface area contributed by atoms with Crippen LogP contribution in [0.2, 0.25) is 0 Å². The number of methoxy groups -OCH3 is 1. The van der Waals surface area contributed by atoms with E-state index in [1.165, 1.54) is 0 Å². The van der Waals surface area contributed by atoms with E-state index in [9.17, 15) is 4.79 Å². The van der Waals surface area contributed by atoms with E-state index in [1.807, 2.05) is 13.1 Å². The number of carbonyl (C=O) groups is 1. The summed E-state index contributed by atoms with van der Waals surface area (Å²) in [4.78, 5) is 19.4. The van der Waals surface area contributed by atoms with Crippen LogP contribution in [0, 0.1) is 17.2 Å². The van der Waals surface area contributed by atoms with Gasteiger partial charge >= 0.3 is 0 Å². The Hall–Kier alpha value is -1.84. The monoisotopic (exact) mass is 304 g/mol. The number of carbonyl (C=O) groups excluding carboxylic acids is 1. The lowest BCUT2D eigenvalue weighted by Gasteiger charge is -2.34. The van der Waals surface area contributed by atoms with Crippen LogP contribution in [0.15, 0.2) is 12.3 Å². The third-order valence-corrected chi connectivity index (χ3v) is 4.14. The van der Waals surface area contributed by atoms with E-state index in [-0.39, 0.29) is 5.91 Å². The van der Waals surface area contributed by atoms with Crippen molar-refractivity contribution in [1.82, 2.24) is 14.8 Å². The molecule has 1 aliphatic heterocycles. The average molecular weight is 304 g/mol. The van der Waals surface area contributed by atoms with E-state index in [4.69, 9.17) is 10.00 Å². The standard InChI is InChI=1S/C16H24N4O2/c1-19(16(21)15-8-14(9-17)10-18-15)11-13-4-3-5-20(12-13)6-7-22-2/h8,10,13,18H,3-7,11-12H2,1-2H3/t13-/m1/s1. The average Bonchev–Trinajstić information content (AvgIpc) is 3.01. The molecule has 1 fully saturated rings. The Kier molecular flexibility index (Phi) is 5.99. The summed E-state index contributed by atoms with van der Waals surface area (Å²) in [6.45, 7) is 4.56. The van der Waals surface area contributed by atoms with Crippen molar-refractivity contribution < 1.29 is 9.53 Å². The molecule has 0 radical (unpaired) electrons. The lowest BCUT2D eigenvalue weighted by atomic mass is 9.97. The number of nitriles is 1. The molecule has 2 rings (SSSR count). The van der Waals surface area contributed by atoms with Gasteiger partial charge in [0.1, 0.15) is 11.8 Å². The number of ether oxygens (including phenoxy) is 1. The molecule has 1 amide bonds. The van der Waals surface area contributed by atoms with Gasteiger partial charge in [-0.05, 0) is 31.4 Å². The highest BCUT2D eigenvalue weighted by Gasteiger charge is 2.23. The van der Waals surface area contributed by atoms with Crippen LogP contribution in [0.1, 0.15) is 28.9 Å². The van der Waals surface area contributed by atoms with E-state index >= 15 is 0 Å². The van der Waals surface area contributed by atoms with Crippen LogP contribution in [-0.2, 0) is 4.74 Å². The van der Waals surface area contributed by atoms with Gasteiger partial charge in [-0.25, -0.2) is 0 Å². The topological polar surface area (TPSA) is 72.4 Å². The van der Waals surface area contributed by atoms with Crippen molar-refractivity contribution in [1.29, 1.82) is 5.26 Å². The first-order valence-electron chi connectivity index (χ1n) is 7.69. The Morgan fingerprint density at radius 3 is 3.14 bits per heavy atom. The zero-order valence-corrected chi connectivity index (χ0v) is 13.3. The van der Waals surface area contributed by atoms with Gasteiger partial charge in [0, 0.05) is 40.0 Å². The van der Waals surface area contributed by atoms with Crippen molar-refractivity contribution in [3.8, 4) is 6.07 Å². The predicted molar refractivity (Wildman–Crippen MR) is 83.5 cm³/mol. The maximum Gasteiger partial charge on any atom is 0.270 e. The highest BCUT2D eigenvalue weighted by Crippen LogP contribution is 2.18. The summed E-state index contributed by atoms with van der Waals surface area (Å²) in [6, 6.07) is 3.63. The second-order valence-corrected chi connectivity index (χ2v) is 5.90. The number of aromatic nitrogens is 1. The Labute approximate surface area is 131 Å². The molecule has 1 aliphatic rings. The zero-order valence-electron chi connectivity index (χ0n) is 13.3. The van der Waals surface area contributed by atoms with Crippen LogP contribution < -0.4 is 0 Å². The van der Waals surface area contributed by atoms with Gasteiger partial charge < -0.3 is 19.5 Å². The van der Waals surface area contributed by atoms with E-state index in [2.05, 4.69) is 9.88 Å². The minimum atomic E-state index is -0.0597. The van der Waals surface area contributed by atoms with Crippen LogP contribution in [0.3, 0.4) is 0 Å². The Balaban J connectivity index is 1.86. The summed E-state index contributed by atoms with van der Waals surface area (Å²) in [5, 5.41) is 8.82. The van der Waals surface area contributed by atoms with Crippen molar-refractivity contribution in [2.75, 3.05) is 46.9 Å². The van der Waals surface area contributed by atoms with Crippen LogP contribution in [0.25, 0.3) is 0 Å². The molecule has 0 aromatic carbocycles. The molecule has 0 aliphatic carbocycles. The van der Waals surface area contributed by atoms with Crippen molar-refractivity contribution >= 4 is 5.91 Å². The fourth-order valence-electron chi connectivity index (χ4n) is 2.98. The van der Waals surface area contributed by atoms with Gasteiger partial charge in [-0.3, -0.25) is 4.79 Å². The molecule has 120 valence electrons. The molecule has 6 heteroatoms. The number of hydrogen-bond donors (Lipinski definition) is 1. The van der Waals surface area contributed by atoms with E-state index < -0.39 is 0 Å². The van der Waals surface area contributed by atoms with Gasteiger partial charge in [0.15, 0.2) is 0 Å². The first-order chi connectivity index (χ1) is 10.6. The molecule has 2 heterocycles. The second-order valence-electron chi connectivity index (χ2n) is 5.90. The highest BCUT2D eigenvalue weighted by atomic mass is 16.5. The van der Waals surface area contributed by atoms with Crippen molar-refractivity contribution in [3.05, 3.63) is 23.5 Å². The molecule has 0 unspecified atom stereocenters. The van der Waals surface area contributed by atoms with E-state index in [1.54, 1.807) is 24.3 Å². The van der Waals surface area contributed by atoms with Gasteiger partial charge in [0.25, 0.3) is 5.91 Å². The SMILES string of the molecule is COCCN1CCC[C@H](CN(C)C(=O)c2cc(C#N)c[nH]2)C1. The summed E-state index contributed by atoms with van der Waals surface area (Å²) >= 11 is 0. The number of piperidine rings is 1. The molecule has 0 spiro atoms. The largest absolute Gasteiger partial charge is 0.383 e. The quantitative estimate of drug-likeness (QED) is 0.860. The number of likely N-dealkylation sites (tertiary alicyclic amines) is 1. The summed E-state index contributed by atoms with van der Waals surface area (Å²) in [7, 11) is 3.54. The number of amides is 1. The van der Waals surface area contributed by atoms with Crippen LogP contribution in [-0.4, -0.2) is 67.6 Å². The Bertz CT molecular complexity index is 534. The van der Waals surface area contributed by atoms with Crippen LogP contribution >= 0.6 is 0 Å². The van der Waals surface area contributed by atoms with E-state index in [0.29, 0.717) is 17.2 Å². The number of rotatable bonds is 6. The van der Waals surface area contributed by atoms with Gasteiger partial charge in [-0.15, -0.1) is 0 Å². The molecular weight excluding hydrogens is 280 g/mol. The molecule has 1 N–H and O–H groups in total. The van der Waals surface area contributed by atoms with Gasteiger partial charge in [0.2, 0.25) is 0 Å². The molecule has 1 atom stereocenters. The Morgan fingerprint density at radius 2 is 2.45 bits per heavy atom. The molecular formula is C16H24N4O2. The Morgan fingerprint density at radius 1 is 1.64 bits per heavy atom. The maximum atomic E-state index is 12.4. The highest BCUT2D eigenvalue weighted by molar-refractivity contribution is 5.92. The van der Waals surface area contributed by atoms with Gasteiger partial charge in [-0.2, -0.15) is 5.26 Å². The van der Waals surface area contributed by atoms with Crippen molar-refractivity contribution in [2.24, 2.45) is 5.92 Å². The van der Waals surface area contributed by atoms with Crippen LogP contribution in [0.4, 0.5) is 0 Å². The summed E-state index contributed by atoms with van der Waals surface area (Å²) in [5.74, 6) is 0.431. The smallest absolute Gasteiger partial charge is 0.270 e. The van der Waals surface area contributed by atoms with Crippen LogP contribution in [0.5, 0.6) is 0 Å². The fraction of sp³-hybridized carbons (Fsp3) is 0.625. The fourth-order valence-corrected chi connectivity index (χ4v) is 2.98. The molecule has 22 heavy (non-hydrogen) atoms. The predicted octanol–water partition coefficient (Wildman–Crippen LogP) is 1.32. The third-order valence-electron chi connectivity index (χ3n) is 4.14. The number of aromatic amines is 1. The molecule has 1 saturated heterocycles. The molecule has 1 aromatic heterocycles. The molecule has 1 aromatic rings. The summed E-state index contributed by atoms with van der Waals surface area (Å²) in [5.41, 5.74) is 0.964. The minimum Gasteiger partial charge on any atom is -0.383 e. The molecule has 6 nitrogen and oxygen atoms in total. The minimum absolute atomic E-state index is 0.0597. The molecule has 0 saturated carbocycles. The first kappa shape index (κ1) is 16.5. The lowest BCUT2D eigenvalue weighted by Crippen LogP contribution is -2.42. The number of H-pyrrole nitrogens is 1. The van der Waals surface area contributed by atoms with Crippen molar-refractivity contribution in [3.63, 3.8) is 0 Å². The second kappa shape index (κ2) is 7.97. The summed E-state index contributed by atoms with van der Waals surface area (Å²) in [6.07, 6.45) is 3.88. The van der Waals surface area contributed by atoms with Gasteiger partial charge in [-0.1, -0.05) is 0 Å². The first-order valence-corrected chi connectivity index (χ1v) is 7.69. The maximum absolute atomic E-state index is 12.4. The van der Waals surface area contributed by atoms with Gasteiger partial charge in [0.05, 0.1) is 12.2 Å². The van der Waals surface area contributed by atoms with E-state index in [0.717, 1.165) is 45.6 Å². The van der Waals surface area contributed by atoms with Crippen molar-refractivity contribution in [2.45, 2.75) is 12.8 Å².